The molecule has 164 valence electrons. The van der Waals surface area contributed by atoms with E-state index < -0.39 is 74.2 Å². The minimum absolute atomic E-state index is 0.0278. The second-order valence-corrected chi connectivity index (χ2v) is 6.03. The van der Waals surface area contributed by atoms with E-state index in [9.17, 15) is 40.1 Å². The molecule has 0 aromatic heterocycles. The van der Waals surface area contributed by atoms with Gasteiger partial charge >= 0.3 is 11.9 Å². The molecule has 0 radical (unpaired) electrons. The first-order valence-corrected chi connectivity index (χ1v) is 8.41. The SMILES string of the molecule is CC(=O)OC[C@@H](OC=O)[C@@H](O[C@@H]1O[C@H](CO)[C@H](O)[C@H](O)[C@H]1O)[C@@H](C#N)OC(C)=O. The molecule has 1 saturated heterocycles. The first-order valence-electron chi connectivity index (χ1n) is 8.41. The van der Waals surface area contributed by atoms with E-state index in [1.165, 1.54) is 0 Å². The predicted octanol–water partition coefficient (Wildman–Crippen LogP) is -3.27. The number of carbonyl (C=O) groups excluding carboxylic acids is 3. The summed E-state index contributed by atoms with van der Waals surface area (Å²) in [6.45, 7) is 0.689. The number of hydrogen-bond acceptors (Lipinski definition) is 13. The molecule has 1 aliphatic rings. The molecule has 0 spiro atoms. The molecule has 4 N–H and O–H groups in total. The summed E-state index contributed by atoms with van der Waals surface area (Å²) < 4.78 is 24.9. The van der Waals surface area contributed by atoms with Gasteiger partial charge in [-0.2, -0.15) is 5.26 Å². The molecule has 13 heteroatoms. The summed E-state index contributed by atoms with van der Waals surface area (Å²) in [5, 5.41) is 48.4. The Hall–Kier alpha value is -2.34. The van der Waals surface area contributed by atoms with Crippen LogP contribution in [0.3, 0.4) is 0 Å². The second kappa shape index (κ2) is 11.6. The van der Waals surface area contributed by atoms with Crippen LogP contribution < -0.4 is 0 Å². The zero-order valence-electron chi connectivity index (χ0n) is 15.6. The van der Waals surface area contributed by atoms with Gasteiger partial charge in [0.15, 0.2) is 18.5 Å². The number of ether oxygens (including phenoxy) is 5. The van der Waals surface area contributed by atoms with Crippen LogP contribution in [-0.4, -0.2) is 101 Å². The van der Waals surface area contributed by atoms with Crippen molar-refractivity contribution >= 4 is 18.4 Å². The summed E-state index contributed by atoms with van der Waals surface area (Å²) in [4.78, 5) is 33.2. The van der Waals surface area contributed by atoms with Crippen LogP contribution in [0.4, 0.5) is 0 Å². The molecule has 0 unspecified atom stereocenters. The molecule has 0 aliphatic carbocycles. The Morgan fingerprint density at radius 3 is 2.31 bits per heavy atom. The molecule has 1 aliphatic heterocycles. The maximum absolute atomic E-state index is 11.3. The second-order valence-electron chi connectivity index (χ2n) is 6.03. The predicted molar refractivity (Wildman–Crippen MR) is 87.4 cm³/mol. The molecular formula is C16H23NO12. The summed E-state index contributed by atoms with van der Waals surface area (Å²) in [5.41, 5.74) is 0. The van der Waals surface area contributed by atoms with Crippen molar-refractivity contribution in [3.05, 3.63) is 0 Å². The largest absolute Gasteiger partial charge is 0.462 e. The fraction of sp³-hybridized carbons (Fsp3) is 0.750. The van der Waals surface area contributed by atoms with Crippen molar-refractivity contribution in [2.75, 3.05) is 13.2 Å². The Bertz CT molecular complexity index is 605. The van der Waals surface area contributed by atoms with Gasteiger partial charge in [-0.05, 0) is 0 Å². The van der Waals surface area contributed by atoms with E-state index in [2.05, 4.69) is 0 Å². The van der Waals surface area contributed by atoms with Crippen molar-refractivity contribution in [2.45, 2.75) is 62.9 Å². The summed E-state index contributed by atoms with van der Waals surface area (Å²) in [7, 11) is 0. The Morgan fingerprint density at radius 2 is 1.83 bits per heavy atom. The van der Waals surface area contributed by atoms with Crippen molar-refractivity contribution in [3.63, 3.8) is 0 Å². The molecule has 13 nitrogen and oxygen atoms in total. The monoisotopic (exact) mass is 421 g/mol. The zero-order valence-corrected chi connectivity index (χ0v) is 15.6. The van der Waals surface area contributed by atoms with Gasteiger partial charge in [-0.3, -0.25) is 14.4 Å². The number of nitriles is 1. The van der Waals surface area contributed by atoms with Crippen LogP contribution in [0.15, 0.2) is 0 Å². The van der Waals surface area contributed by atoms with Crippen molar-refractivity contribution < 1.29 is 58.5 Å². The lowest BCUT2D eigenvalue weighted by Crippen LogP contribution is -2.61. The lowest BCUT2D eigenvalue weighted by atomic mass is 9.99. The minimum Gasteiger partial charge on any atom is -0.462 e. The van der Waals surface area contributed by atoms with Crippen molar-refractivity contribution in [2.24, 2.45) is 0 Å². The third kappa shape index (κ3) is 6.89. The molecule has 29 heavy (non-hydrogen) atoms. The highest BCUT2D eigenvalue weighted by atomic mass is 16.7. The summed E-state index contributed by atoms with van der Waals surface area (Å²) in [6.07, 6.45) is -13.2. The van der Waals surface area contributed by atoms with Gasteiger partial charge < -0.3 is 44.1 Å². The van der Waals surface area contributed by atoms with E-state index in [-0.39, 0.29) is 6.47 Å². The van der Waals surface area contributed by atoms with Gasteiger partial charge in [0.2, 0.25) is 6.10 Å². The number of aliphatic hydroxyl groups excluding tert-OH is 4. The molecule has 8 atom stereocenters. The smallest absolute Gasteiger partial charge is 0.304 e. The van der Waals surface area contributed by atoms with Crippen LogP contribution in [-0.2, 0) is 38.1 Å². The Balaban J connectivity index is 3.17. The Kier molecular flexibility index (Phi) is 9.89. The van der Waals surface area contributed by atoms with Crippen molar-refractivity contribution in [1.29, 1.82) is 5.26 Å². The molecule has 1 fully saturated rings. The lowest BCUT2D eigenvalue weighted by molar-refractivity contribution is -0.322. The van der Waals surface area contributed by atoms with Gasteiger partial charge in [0, 0.05) is 13.8 Å². The normalized spacial score (nSPS) is 29.6. The van der Waals surface area contributed by atoms with Gasteiger partial charge in [-0.15, -0.1) is 0 Å². The van der Waals surface area contributed by atoms with Crippen LogP contribution in [0.2, 0.25) is 0 Å². The maximum Gasteiger partial charge on any atom is 0.304 e. The van der Waals surface area contributed by atoms with Crippen molar-refractivity contribution in [1.82, 2.24) is 0 Å². The van der Waals surface area contributed by atoms with Crippen LogP contribution in [0, 0.1) is 11.3 Å². The van der Waals surface area contributed by atoms with Gasteiger partial charge in [-0.1, -0.05) is 0 Å². The van der Waals surface area contributed by atoms with E-state index in [1.807, 2.05) is 0 Å². The molecule has 0 aromatic carbocycles. The van der Waals surface area contributed by atoms with Gasteiger partial charge in [0.1, 0.15) is 37.1 Å². The molecule has 0 saturated carbocycles. The van der Waals surface area contributed by atoms with E-state index in [4.69, 9.17) is 23.7 Å². The van der Waals surface area contributed by atoms with Crippen LogP contribution in [0.1, 0.15) is 13.8 Å². The number of carbonyl (C=O) groups is 3. The van der Waals surface area contributed by atoms with Crippen LogP contribution in [0.5, 0.6) is 0 Å². The highest BCUT2D eigenvalue weighted by molar-refractivity contribution is 5.66. The molecule has 1 heterocycles. The Labute approximate surface area is 165 Å². The van der Waals surface area contributed by atoms with E-state index >= 15 is 0 Å². The fourth-order valence-corrected chi connectivity index (χ4v) is 2.52. The topological polar surface area (TPSA) is 202 Å². The number of esters is 2. The van der Waals surface area contributed by atoms with E-state index in [0.29, 0.717) is 0 Å². The summed E-state index contributed by atoms with van der Waals surface area (Å²) >= 11 is 0. The van der Waals surface area contributed by atoms with Crippen LogP contribution >= 0.6 is 0 Å². The lowest BCUT2D eigenvalue weighted by Gasteiger charge is -2.41. The quantitative estimate of drug-likeness (QED) is 0.156. The maximum atomic E-state index is 11.3. The molecule has 1 rings (SSSR count). The third-order valence-electron chi connectivity index (χ3n) is 3.91. The highest BCUT2D eigenvalue weighted by Crippen LogP contribution is 2.25. The zero-order chi connectivity index (χ0) is 22.1. The van der Waals surface area contributed by atoms with Gasteiger partial charge in [0.05, 0.1) is 6.61 Å². The molecule has 0 aromatic rings. The number of rotatable bonds is 10. The molecule has 0 bridgehead atoms. The van der Waals surface area contributed by atoms with Gasteiger partial charge in [-0.25, -0.2) is 0 Å². The van der Waals surface area contributed by atoms with Gasteiger partial charge in [0.25, 0.3) is 6.47 Å². The Morgan fingerprint density at radius 1 is 1.17 bits per heavy atom. The average Bonchev–Trinajstić information content (AvgIpc) is 2.67. The van der Waals surface area contributed by atoms with Crippen molar-refractivity contribution in [3.8, 4) is 6.07 Å². The fourth-order valence-electron chi connectivity index (χ4n) is 2.52. The first kappa shape index (κ1) is 24.7. The first-order chi connectivity index (χ1) is 13.7. The number of hydrogen-bond donors (Lipinski definition) is 4. The number of nitrogens with zero attached hydrogens (tertiary/aromatic N) is 1. The average molecular weight is 421 g/mol. The summed E-state index contributed by atoms with van der Waals surface area (Å²) in [5.74, 6) is -1.65. The van der Waals surface area contributed by atoms with Crippen LogP contribution in [0.25, 0.3) is 0 Å². The summed E-state index contributed by atoms with van der Waals surface area (Å²) in [6, 6.07) is 1.61. The minimum atomic E-state index is -1.85. The third-order valence-corrected chi connectivity index (χ3v) is 3.91. The van der Waals surface area contributed by atoms with E-state index in [0.717, 1.165) is 13.8 Å². The molecular weight excluding hydrogens is 398 g/mol. The number of aliphatic hydroxyl groups is 4. The highest BCUT2D eigenvalue weighted by Gasteiger charge is 2.47. The molecule has 0 amide bonds. The standard InChI is InChI=1S/C16H23NO12/c1-7(20)25-5-11(26-6-19)15(9(3-17)27-8(2)21)29-16-14(24)13(23)12(22)10(4-18)28-16/h6,9-16,18,22-24H,4-5H2,1-2H3/t9-,10-,11-,12+,13+,14-,15+,16+/m1/s1. The van der Waals surface area contributed by atoms with E-state index in [1.54, 1.807) is 6.07 Å².